The zero-order chi connectivity index (χ0) is 15.9. The molecule has 3 rings (SSSR count). The predicted molar refractivity (Wildman–Crippen MR) is 76.7 cm³/mol. The lowest BCUT2D eigenvalue weighted by atomic mass is 10.0. The van der Waals surface area contributed by atoms with Crippen LogP contribution in [0.3, 0.4) is 0 Å². The first-order valence-corrected chi connectivity index (χ1v) is 6.76. The van der Waals surface area contributed by atoms with Crippen molar-refractivity contribution in [3.8, 4) is 11.3 Å². The molecule has 1 aromatic carbocycles. The van der Waals surface area contributed by atoms with Crippen LogP contribution in [0, 0.1) is 11.6 Å². The van der Waals surface area contributed by atoms with Gasteiger partial charge in [0.25, 0.3) is 0 Å². The van der Waals surface area contributed by atoms with Crippen LogP contribution in [0.25, 0.3) is 11.3 Å². The fraction of sp³-hybridized carbons (Fsp3) is 0.267. The SMILES string of the molecule is CC1(C)CC(=O)N(c2ccc(-c3cc(F)ccc3F)nn2)N1. The summed E-state index contributed by atoms with van der Waals surface area (Å²) in [4.78, 5) is 11.9. The second kappa shape index (κ2) is 5.10. The van der Waals surface area contributed by atoms with Crippen LogP contribution < -0.4 is 10.4 Å². The van der Waals surface area contributed by atoms with Crippen molar-refractivity contribution in [3.05, 3.63) is 42.0 Å². The number of carbonyl (C=O) groups is 1. The number of hydrogen-bond donors (Lipinski definition) is 1. The van der Waals surface area contributed by atoms with Crippen LogP contribution in [-0.2, 0) is 4.79 Å². The Balaban J connectivity index is 1.90. The van der Waals surface area contributed by atoms with E-state index in [0.717, 1.165) is 18.2 Å². The molecule has 22 heavy (non-hydrogen) atoms. The number of hydrogen-bond acceptors (Lipinski definition) is 4. The van der Waals surface area contributed by atoms with Crippen LogP contribution in [0.15, 0.2) is 30.3 Å². The van der Waals surface area contributed by atoms with Crippen LogP contribution in [0.4, 0.5) is 14.6 Å². The first-order valence-electron chi connectivity index (χ1n) is 6.76. The molecule has 0 atom stereocenters. The smallest absolute Gasteiger partial charge is 0.244 e. The number of rotatable bonds is 2. The van der Waals surface area contributed by atoms with E-state index in [-0.39, 0.29) is 22.7 Å². The number of amides is 1. The van der Waals surface area contributed by atoms with E-state index < -0.39 is 11.6 Å². The van der Waals surface area contributed by atoms with Crippen molar-refractivity contribution in [1.29, 1.82) is 0 Å². The average molecular weight is 304 g/mol. The minimum Gasteiger partial charge on any atom is -0.273 e. The summed E-state index contributed by atoms with van der Waals surface area (Å²) in [5.41, 5.74) is 2.90. The Hall–Kier alpha value is -2.41. The summed E-state index contributed by atoms with van der Waals surface area (Å²) < 4.78 is 26.9. The van der Waals surface area contributed by atoms with Gasteiger partial charge in [-0.1, -0.05) is 0 Å². The molecule has 7 heteroatoms. The number of benzene rings is 1. The minimum absolute atomic E-state index is 0.0279. The first kappa shape index (κ1) is 14.5. The highest BCUT2D eigenvalue weighted by Crippen LogP contribution is 2.25. The predicted octanol–water partition coefficient (Wildman–Crippen LogP) is 2.44. The zero-order valence-electron chi connectivity index (χ0n) is 12.1. The number of anilines is 1. The van der Waals surface area contributed by atoms with Crippen LogP contribution >= 0.6 is 0 Å². The zero-order valence-corrected chi connectivity index (χ0v) is 12.1. The molecule has 1 amide bonds. The number of nitrogens with zero attached hydrogens (tertiary/aromatic N) is 3. The number of halogens is 2. The molecule has 1 fully saturated rings. The second-order valence-electron chi connectivity index (χ2n) is 5.80. The molecule has 2 aromatic rings. The maximum absolute atomic E-state index is 13.7. The van der Waals surface area contributed by atoms with Gasteiger partial charge in [-0.15, -0.1) is 10.2 Å². The molecule has 1 aliphatic rings. The summed E-state index contributed by atoms with van der Waals surface area (Å²) in [5, 5.41) is 9.13. The number of carbonyl (C=O) groups excluding carboxylic acids is 1. The van der Waals surface area contributed by atoms with Gasteiger partial charge in [0.15, 0.2) is 5.82 Å². The summed E-state index contributed by atoms with van der Waals surface area (Å²) >= 11 is 0. The van der Waals surface area contributed by atoms with Crippen LogP contribution in [-0.4, -0.2) is 21.6 Å². The summed E-state index contributed by atoms with van der Waals surface area (Å²) in [5.74, 6) is -0.944. The molecule has 114 valence electrons. The summed E-state index contributed by atoms with van der Waals surface area (Å²) in [6.45, 7) is 3.80. The molecule has 2 heterocycles. The van der Waals surface area contributed by atoms with Crippen molar-refractivity contribution in [2.45, 2.75) is 25.8 Å². The fourth-order valence-corrected chi connectivity index (χ4v) is 2.33. The van der Waals surface area contributed by atoms with Gasteiger partial charge in [0.05, 0.1) is 5.69 Å². The average Bonchev–Trinajstić information content (AvgIpc) is 2.75. The molecule has 1 aliphatic heterocycles. The maximum Gasteiger partial charge on any atom is 0.244 e. The molecular formula is C15H14F2N4O. The standard InChI is InChI=1S/C15H14F2N4O/c1-15(2)8-14(22)21(20-15)13-6-5-12(18-19-13)10-7-9(16)3-4-11(10)17/h3-7,20H,8H2,1-2H3. The van der Waals surface area contributed by atoms with E-state index in [1.807, 2.05) is 13.8 Å². The lowest BCUT2D eigenvalue weighted by molar-refractivity contribution is -0.117. The number of hydrazine groups is 1. The molecule has 1 N–H and O–H groups in total. The highest BCUT2D eigenvalue weighted by molar-refractivity contribution is 5.94. The Morgan fingerprint density at radius 1 is 1.18 bits per heavy atom. The highest BCUT2D eigenvalue weighted by Gasteiger charge is 2.36. The molecule has 1 aromatic heterocycles. The molecule has 1 saturated heterocycles. The molecule has 0 saturated carbocycles. The monoisotopic (exact) mass is 304 g/mol. The second-order valence-corrected chi connectivity index (χ2v) is 5.80. The normalized spacial score (nSPS) is 17.1. The third-order valence-corrected chi connectivity index (χ3v) is 3.34. The number of aromatic nitrogens is 2. The largest absolute Gasteiger partial charge is 0.273 e. The third kappa shape index (κ3) is 2.67. The Kier molecular flexibility index (Phi) is 3.37. The first-order chi connectivity index (χ1) is 10.4. The quantitative estimate of drug-likeness (QED) is 0.926. The number of nitrogens with one attached hydrogen (secondary N) is 1. The summed E-state index contributed by atoms with van der Waals surface area (Å²) in [7, 11) is 0. The van der Waals surface area contributed by atoms with Crippen molar-refractivity contribution < 1.29 is 13.6 Å². The topological polar surface area (TPSA) is 58.1 Å². The Bertz CT molecular complexity index is 731. The van der Waals surface area contributed by atoms with Crippen LogP contribution in [0.2, 0.25) is 0 Å². The van der Waals surface area contributed by atoms with Gasteiger partial charge in [0, 0.05) is 17.5 Å². The Morgan fingerprint density at radius 3 is 2.55 bits per heavy atom. The van der Waals surface area contributed by atoms with E-state index in [1.54, 1.807) is 6.07 Å². The Labute approximate surface area is 125 Å². The van der Waals surface area contributed by atoms with Crippen LogP contribution in [0.5, 0.6) is 0 Å². The highest BCUT2D eigenvalue weighted by atomic mass is 19.1. The molecule has 0 radical (unpaired) electrons. The van der Waals surface area contributed by atoms with Crippen LogP contribution in [0.1, 0.15) is 20.3 Å². The van der Waals surface area contributed by atoms with Crippen molar-refractivity contribution >= 4 is 11.7 Å². The molecule has 0 spiro atoms. The Morgan fingerprint density at radius 2 is 1.95 bits per heavy atom. The summed E-state index contributed by atoms with van der Waals surface area (Å²) in [6, 6.07) is 6.17. The van der Waals surface area contributed by atoms with Crippen molar-refractivity contribution in [3.63, 3.8) is 0 Å². The van der Waals surface area contributed by atoms with Gasteiger partial charge in [0.1, 0.15) is 11.6 Å². The summed E-state index contributed by atoms with van der Waals surface area (Å²) in [6.07, 6.45) is 0.342. The lowest BCUT2D eigenvalue weighted by Gasteiger charge is -2.20. The van der Waals surface area contributed by atoms with E-state index in [2.05, 4.69) is 15.6 Å². The van der Waals surface area contributed by atoms with Crippen molar-refractivity contribution in [1.82, 2.24) is 15.6 Å². The van der Waals surface area contributed by atoms with Crippen molar-refractivity contribution in [2.75, 3.05) is 5.01 Å². The van der Waals surface area contributed by atoms with Gasteiger partial charge in [0.2, 0.25) is 5.91 Å². The lowest BCUT2D eigenvalue weighted by Crippen LogP contribution is -2.42. The molecular weight excluding hydrogens is 290 g/mol. The third-order valence-electron chi connectivity index (χ3n) is 3.34. The van der Waals surface area contributed by atoms with E-state index >= 15 is 0 Å². The molecule has 0 aliphatic carbocycles. The molecule has 5 nitrogen and oxygen atoms in total. The van der Waals surface area contributed by atoms with Gasteiger partial charge in [-0.05, 0) is 44.2 Å². The minimum atomic E-state index is -0.583. The van der Waals surface area contributed by atoms with Crippen molar-refractivity contribution in [2.24, 2.45) is 0 Å². The molecule has 0 unspecified atom stereocenters. The van der Waals surface area contributed by atoms with E-state index in [0.29, 0.717) is 12.2 Å². The van der Waals surface area contributed by atoms with E-state index in [1.165, 1.54) is 11.1 Å². The van der Waals surface area contributed by atoms with Gasteiger partial charge < -0.3 is 0 Å². The maximum atomic E-state index is 13.7. The van der Waals surface area contributed by atoms with Gasteiger partial charge >= 0.3 is 0 Å². The van der Waals surface area contributed by atoms with Gasteiger partial charge in [-0.2, -0.15) is 0 Å². The van der Waals surface area contributed by atoms with Gasteiger partial charge in [-0.25, -0.2) is 19.2 Å². The van der Waals surface area contributed by atoms with Gasteiger partial charge in [-0.3, -0.25) is 4.79 Å². The fourth-order valence-electron chi connectivity index (χ4n) is 2.33. The van der Waals surface area contributed by atoms with E-state index in [9.17, 15) is 13.6 Å². The van der Waals surface area contributed by atoms with E-state index in [4.69, 9.17) is 0 Å². The molecule has 0 bridgehead atoms.